The molecule has 0 fully saturated rings. The van der Waals surface area contributed by atoms with E-state index in [0.717, 1.165) is 5.56 Å². The van der Waals surface area contributed by atoms with Gasteiger partial charge in [-0.05, 0) is 42.8 Å². The molecule has 0 spiro atoms. The van der Waals surface area contributed by atoms with Crippen LogP contribution in [0.25, 0.3) is 10.9 Å². The largest absolute Gasteiger partial charge is 0.380 e. The number of methoxy groups -OCH3 is 1. The van der Waals surface area contributed by atoms with Crippen molar-refractivity contribution >= 4 is 34.1 Å². The molecule has 0 saturated heterocycles. The van der Waals surface area contributed by atoms with Gasteiger partial charge in [-0.2, -0.15) is 5.10 Å². The van der Waals surface area contributed by atoms with Gasteiger partial charge in [-0.25, -0.2) is 0 Å². The van der Waals surface area contributed by atoms with Gasteiger partial charge in [-0.15, -0.1) is 0 Å². The first-order chi connectivity index (χ1) is 12.5. The van der Waals surface area contributed by atoms with Gasteiger partial charge < -0.3 is 10.1 Å². The Balaban J connectivity index is 2.02. The summed E-state index contributed by atoms with van der Waals surface area (Å²) in [5.74, 6) is -0.561. The second-order valence-corrected chi connectivity index (χ2v) is 6.18. The highest BCUT2D eigenvalue weighted by atomic mass is 35.5. The lowest BCUT2D eigenvalue weighted by molar-refractivity contribution is 0.101. The monoisotopic (exact) mass is 371 g/mol. The number of amides is 1. The van der Waals surface area contributed by atoms with Crippen molar-refractivity contribution in [3.8, 4) is 0 Å². The number of rotatable bonds is 5. The maximum atomic E-state index is 12.7. The van der Waals surface area contributed by atoms with E-state index in [4.69, 9.17) is 16.3 Å². The molecular formula is C19H18ClN3O3. The number of fused-ring (bicyclic) bond motifs is 1. The third kappa shape index (κ3) is 3.61. The van der Waals surface area contributed by atoms with Crippen molar-refractivity contribution in [1.29, 1.82) is 0 Å². The van der Waals surface area contributed by atoms with Crippen LogP contribution in [0.3, 0.4) is 0 Å². The number of aryl methyl sites for hydroxylation is 1. The van der Waals surface area contributed by atoms with E-state index in [1.54, 1.807) is 42.1 Å². The van der Waals surface area contributed by atoms with Gasteiger partial charge in [0.1, 0.15) is 0 Å². The minimum absolute atomic E-state index is 0.168. The number of carbonyl (C=O) groups excluding carboxylic acids is 1. The van der Waals surface area contributed by atoms with Gasteiger partial charge >= 0.3 is 0 Å². The molecule has 134 valence electrons. The Bertz CT molecular complexity index is 1030. The molecular weight excluding hydrogens is 354 g/mol. The fraction of sp³-hybridized carbons (Fsp3) is 0.211. The summed E-state index contributed by atoms with van der Waals surface area (Å²) in [6.45, 7) is 2.84. The van der Waals surface area contributed by atoms with E-state index in [-0.39, 0.29) is 5.69 Å². The number of nitrogens with one attached hydrogen (secondary N) is 1. The molecule has 1 amide bonds. The second-order valence-electron chi connectivity index (χ2n) is 5.74. The third-order valence-corrected chi connectivity index (χ3v) is 4.16. The average molecular weight is 372 g/mol. The Morgan fingerprint density at radius 3 is 2.81 bits per heavy atom. The zero-order chi connectivity index (χ0) is 18.7. The number of nitrogens with zero attached hydrogens (tertiary/aromatic N) is 2. The zero-order valence-electron chi connectivity index (χ0n) is 14.5. The van der Waals surface area contributed by atoms with E-state index in [1.165, 1.54) is 0 Å². The van der Waals surface area contributed by atoms with Gasteiger partial charge in [0.05, 0.1) is 17.5 Å². The molecule has 0 aliphatic heterocycles. The summed E-state index contributed by atoms with van der Waals surface area (Å²) in [5.41, 5.74) is 1.51. The number of hydrogen-bond donors (Lipinski definition) is 1. The number of anilines is 1. The number of aromatic nitrogens is 2. The topological polar surface area (TPSA) is 73.2 Å². The summed E-state index contributed by atoms with van der Waals surface area (Å²) in [6, 6.07) is 12.2. The first kappa shape index (κ1) is 18.1. The zero-order valence-corrected chi connectivity index (χ0v) is 15.2. The van der Waals surface area contributed by atoms with Gasteiger partial charge in [0.25, 0.3) is 5.91 Å². The van der Waals surface area contributed by atoms with E-state index in [2.05, 4.69) is 10.4 Å². The molecule has 0 aliphatic carbocycles. The van der Waals surface area contributed by atoms with Crippen LogP contribution in [0.2, 0.25) is 5.02 Å². The Morgan fingerprint density at radius 1 is 1.27 bits per heavy atom. The smallest absolute Gasteiger partial charge is 0.280 e. The molecule has 0 atom stereocenters. The van der Waals surface area contributed by atoms with Gasteiger partial charge in [-0.3, -0.25) is 14.3 Å². The quantitative estimate of drug-likeness (QED) is 0.745. The molecule has 6 nitrogen and oxygen atoms in total. The highest BCUT2D eigenvalue weighted by Gasteiger charge is 2.17. The van der Waals surface area contributed by atoms with E-state index in [0.29, 0.717) is 34.8 Å². The van der Waals surface area contributed by atoms with E-state index < -0.39 is 11.3 Å². The van der Waals surface area contributed by atoms with E-state index in [9.17, 15) is 9.59 Å². The molecule has 0 radical (unpaired) electrons. The minimum atomic E-state index is -0.561. The van der Waals surface area contributed by atoms with Crippen molar-refractivity contribution in [3.05, 3.63) is 69.0 Å². The lowest BCUT2D eigenvalue weighted by atomic mass is 10.1. The molecule has 3 rings (SSSR count). The average Bonchev–Trinajstić information content (AvgIpc) is 2.63. The van der Waals surface area contributed by atoms with Crippen LogP contribution in [-0.2, 0) is 17.9 Å². The number of ether oxygens (including phenoxy) is 1. The Morgan fingerprint density at radius 2 is 2.08 bits per heavy atom. The molecule has 0 saturated carbocycles. The summed E-state index contributed by atoms with van der Waals surface area (Å²) < 4.78 is 6.70. The summed E-state index contributed by atoms with van der Waals surface area (Å²) in [7, 11) is 1.60. The van der Waals surface area contributed by atoms with Gasteiger partial charge in [-0.1, -0.05) is 23.7 Å². The first-order valence-electron chi connectivity index (χ1n) is 8.13. The number of hydrogen-bond acceptors (Lipinski definition) is 4. The molecule has 1 N–H and O–H groups in total. The fourth-order valence-electron chi connectivity index (χ4n) is 2.75. The highest BCUT2D eigenvalue weighted by Crippen LogP contribution is 2.17. The number of benzene rings is 2. The first-order valence-corrected chi connectivity index (χ1v) is 8.51. The molecule has 1 heterocycles. The van der Waals surface area contributed by atoms with Crippen LogP contribution < -0.4 is 10.7 Å². The van der Waals surface area contributed by atoms with Crippen LogP contribution in [-0.4, -0.2) is 22.8 Å². The van der Waals surface area contributed by atoms with Crippen molar-refractivity contribution in [2.24, 2.45) is 0 Å². The Hall–Kier alpha value is -2.70. The van der Waals surface area contributed by atoms with E-state index >= 15 is 0 Å². The SMILES string of the molecule is CCn1nc(C(=O)Nc2cccc(COC)c2)c(=O)c2cc(Cl)ccc21. The van der Waals surface area contributed by atoms with Crippen molar-refractivity contribution in [3.63, 3.8) is 0 Å². The van der Waals surface area contributed by atoms with Gasteiger partial charge in [0.15, 0.2) is 5.69 Å². The van der Waals surface area contributed by atoms with Crippen LogP contribution >= 0.6 is 11.6 Å². The third-order valence-electron chi connectivity index (χ3n) is 3.93. The minimum Gasteiger partial charge on any atom is -0.380 e. The molecule has 1 aromatic heterocycles. The predicted octanol–water partition coefficient (Wildman–Crippen LogP) is 3.47. The fourth-order valence-corrected chi connectivity index (χ4v) is 2.92. The van der Waals surface area contributed by atoms with Crippen LogP contribution in [0.1, 0.15) is 23.0 Å². The van der Waals surface area contributed by atoms with Crippen LogP contribution in [0.5, 0.6) is 0 Å². The highest BCUT2D eigenvalue weighted by molar-refractivity contribution is 6.31. The predicted molar refractivity (Wildman–Crippen MR) is 102 cm³/mol. The lowest BCUT2D eigenvalue weighted by Gasteiger charge is -2.11. The maximum absolute atomic E-state index is 12.7. The van der Waals surface area contributed by atoms with Gasteiger partial charge in [0, 0.05) is 24.4 Å². The molecule has 0 unspecified atom stereocenters. The van der Waals surface area contributed by atoms with Crippen molar-refractivity contribution < 1.29 is 9.53 Å². The Labute approximate surface area is 155 Å². The summed E-state index contributed by atoms with van der Waals surface area (Å²) in [6.07, 6.45) is 0. The van der Waals surface area contributed by atoms with E-state index in [1.807, 2.05) is 19.1 Å². The summed E-state index contributed by atoms with van der Waals surface area (Å²) in [4.78, 5) is 25.4. The van der Waals surface area contributed by atoms with Crippen molar-refractivity contribution in [2.75, 3.05) is 12.4 Å². The van der Waals surface area contributed by atoms with Gasteiger partial charge in [0.2, 0.25) is 5.43 Å². The van der Waals surface area contributed by atoms with Crippen LogP contribution in [0, 0.1) is 0 Å². The second kappa shape index (κ2) is 7.68. The van der Waals surface area contributed by atoms with Crippen molar-refractivity contribution in [1.82, 2.24) is 9.78 Å². The standard InChI is InChI=1S/C19H18ClN3O3/c1-3-23-16-8-7-13(20)10-15(16)18(24)17(22-23)19(25)21-14-6-4-5-12(9-14)11-26-2/h4-10H,3,11H2,1-2H3,(H,21,25). The molecule has 7 heteroatoms. The normalized spacial score (nSPS) is 10.9. The summed E-state index contributed by atoms with van der Waals surface area (Å²) >= 11 is 6.01. The number of halogens is 1. The van der Waals surface area contributed by atoms with Crippen molar-refractivity contribution in [2.45, 2.75) is 20.1 Å². The molecule has 0 aliphatic rings. The lowest BCUT2D eigenvalue weighted by Crippen LogP contribution is -2.27. The molecule has 26 heavy (non-hydrogen) atoms. The molecule has 2 aromatic carbocycles. The van der Waals surface area contributed by atoms with Crippen LogP contribution in [0.4, 0.5) is 5.69 Å². The molecule has 0 bridgehead atoms. The van der Waals surface area contributed by atoms with Crippen LogP contribution in [0.15, 0.2) is 47.3 Å². The molecule has 3 aromatic rings. The Kier molecular flexibility index (Phi) is 5.35. The summed E-state index contributed by atoms with van der Waals surface area (Å²) in [5, 5.41) is 7.75. The number of carbonyl (C=O) groups is 1. The maximum Gasteiger partial charge on any atom is 0.280 e.